The third-order valence-corrected chi connectivity index (χ3v) is 5.87. The molecule has 0 aromatic heterocycles. The van der Waals surface area contributed by atoms with E-state index in [1.807, 2.05) is 25.2 Å². The molecule has 5 nitrogen and oxygen atoms in total. The van der Waals surface area contributed by atoms with Crippen molar-refractivity contribution in [2.75, 3.05) is 17.3 Å². The normalized spacial score (nSPS) is 29.1. The number of carbonyl (C=O) groups is 2. The maximum Gasteiger partial charge on any atom is 0.241 e. The summed E-state index contributed by atoms with van der Waals surface area (Å²) in [5.41, 5.74) is 2.91. The fraction of sp³-hybridized carbons (Fsp3) is 0.579. The van der Waals surface area contributed by atoms with Gasteiger partial charge >= 0.3 is 0 Å². The number of nitrogens with one attached hydrogen (secondary N) is 2. The number of fused-ring (bicyclic) bond motifs is 2. The van der Waals surface area contributed by atoms with Gasteiger partial charge in [0.2, 0.25) is 11.8 Å². The van der Waals surface area contributed by atoms with Gasteiger partial charge < -0.3 is 15.5 Å². The Morgan fingerprint density at radius 3 is 2.92 bits per heavy atom. The molecule has 2 aliphatic heterocycles. The van der Waals surface area contributed by atoms with Crippen molar-refractivity contribution < 1.29 is 9.59 Å². The predicted molar refractivity (Wildman–Crippen MR) is 94.1 cm³/mol. The Morgan fingerprint density at radius 2 is 2.08 bits per heavy atom. The van der Waals surface area contributed by atoms with Crippen LogP contribution in [0.15, 0.2) is 18.2 Å². The van der Waals surface area contributed by atoms with E-state index in [1.165, 1.54) is 25.7 Å². The molecule has 1 saturated heterocycles. The highest BCUT2D eigenvalue weighted by Crippen LogP contribution is 2.34. The number of benzene rings is 1. The molecule has 2 amide bonds. The topological polar surface area (TPSA) is 61.4 Å². The molecule has 2 fully saturated rings. The van der Waals surface area contributed by atoms with Crippen molar-refractivity contribution in [3.8, 4) is 0 Å². The smallest absolute Gasteiger partial charge is 0.241 e. The third kappa shape index (κ3) is 2.81. The Kier molecular flexibility index (Phi) is 4.04. The quantitative estimate of drug-likeness (QED) is 0.877. The van der Waals surface area contributed by atoms with E-state index in [0.717, 1.165) is 29.8 Å². The summed E-state index contributed by atoms with van der Waals surface area (Å²) in [5.74, 6) is 0.888. The van der Waals surface area contributed by atoms with E-state index in [1.54, 1.807) is 4.90 Å². The summed E-state index contributed by atoms with van der Waals surface area (Å²) in [4.78, 5) is 26.1. The van der Waals surface area contributed by atoms with Crippen LogP contribution in [0.2, 0.25) is 0 Å². The molecule has 0 spiro atoms. The molecule has 4 rings (SSSR count). The summed E-state index contributed by atoms with van der Waals surface area (Å²) in [6.45, 7) is 0. The SMILES string of the molecule is CN1C(=O)CCc2cc(NC(=O)C3CC4CCCCC4N3)ccc21. The van der Waals surface area contributed by atoms with E-state index in [4.69, 9.17) is 0 Å². The van der Waals surface area contributed by atoms with E-state index in [0.29, 0.717) is 18.4 Å². The van der Waals surface area contributed by atoms with Crippen LogP contribution in [0.5, 0.6) is 0 Å². The zero-order valence-electron chi connectivity index (χ0n) is 14.2. The van der Waals surface area contributed by atoms with Crippen LogP contribution in [0.4, 0.5) is 11.4 Å². The molecule has 3 atom stereocenters. The average molecular weight is 327 g/mol. The average Bonchev–Trinajstić information content (AvgIpc) is 3.02. The van der Waals surface area contributed by atoms with Gasteiger partial charge in [-0.15, -0.1) is 0 Å². The molecule has 24 heavy (non-hydrogen) atoms. The first-order valence-electron chi connectivity index (χ1n) is 9.08. The minimum atomic E-state index is -0.0709. The standard InChI is InChI=1S/C19H25N3O2/c1-22-17-8-7-14(10-13(17)6-9-18(22)23)20-19(24)16-11-12-4-2-3-5-15(12)21-16/h7-8,10,12,15-16,21H,2-6,9,11H2,1H3,(H,20,24). The van der Waals surface area contributed by atoms with Crippen LogP contribution < -0.4 is 15.5 Å². The first-order valence-corrected chi connectivity index (χ1v) is 9.08. The highest BCUT2D eigenvalue weighted by Gasteiger charge is 2.38. The van der Waals surface area contributed by atoms with Gasteiger partial charge in [0.15, 0.2) is 0 Å². The zero-order valence-corrected chi connectivity index (χ0v) is 14.2. The Labute approximate surface area is 142 Å². The van der Waals surface area contributed by atoms with Gasteiger partial charge in [0.25, 0.3) is 0 Å². The van der Waals surface area contributed by atoms with Gasteiger partial charge in [-0.25, -0.2) is 0 Å². The number of amides is 2. The Morgan fingerprint density at radius 1 is 1.25 bits per heavy atom. The number of aryl methyl sites for hydroxylation is 1. The van der Waals surface area contributed by atoms with E-state index in [2.05, 4.69) is 10.6 Å². The van der Waals surface area contributed by atoms with Gasteiger partial charge in [-0.2, -0.15) is 0 Å². The van der Waals surface area contributed by atoms with Crippen LogP contribution in [0.25, 0.3) is 0 Å². The maximum atomic E-state index is 12.6. The summed E-state index contributed by atoms with van der Waals surface area (Å²) in [6.07, 6.45) is 7.27. The molecule has 128 valence electrons. The van der Waals surface area contributed by atoms with E-state index in [-0.39, 0.29) is 17.9 Å². The first-order chi connectivity index (χ1) is 11.6. The van der Waals surface area contributed by atoms with Crippen molar-refractivity contribution in [1.29, 1.82) is 0 Å². The van der Waals surface area contributed by atoms with Gasteiger partial charge in [0, 0.05) is 30.9 Å². The van der Waals surface area contributed by atoms with Gasteiger partial charge in [-0.05, 0) is 55.4 Å². The van der Waals surface area contributed by atoms with Crippen LogP contribution in [0, 0.1) is 5.92 Å². The molecule has 3 unspecified atom stereocenters. The fourth-order valence-electron chi connectivity index (χ4n) is 4.48. The molecule has 0 bridgehead atoms. The molecule has 1 aliphatic carbocycles. The molecular formula is C19H25N3O2. The second-order valence-electron chi connectivity index (χ2n) is 7.39. The molecule has 2 heterocycles. The molecule has 0 radical (unpaired) electrons. The summed E-state index contributed by atoms with van der Waals surface area (Å²) in [7, 11) is 1.81. The highest BCUT2D eigenvalue weighted by atomic mass is 16.2. The summed E-state index contributed by atoms with van der Waals surface area (Å²) in [6, 6.07) is 6.30. The molecule has 2 N–H and O–H groups in total. The molecular weight excluding hydrogens is 302 g/mol. The Bertz CT molecular complexity index is 659. The molecule has 1 aromatic rings. The summed E-state index contributed by atoms with van der Waals surface area (Å²) < 4.78 is 0. The lowest BCUT2D eigenvalue weighted by Crippen LogP contribution is -2.40. The monoisotopic (exact) mass is 327 g/mol. The maximum absolute atomic E-state index is 12.6. The van der Waals surface area contributed by atoms with E-state index >= 15 is 0 Å². The van der Waals surface area contributed by atoms with Crippen molar-refractivity contribution in [1.82, 2.24) is 5.32 Å². The first kappa shape index (κ1) is 15.6. The van der Waals surface area contributed by atoms with Crippen LogP contribution in [0.1, 0.15) is 44.1 Å². The van der Waals surface area contributed by atoms with Crippen molar-refractivity contribution in [3.05, 3.63) is 23.8 Å². The number of carbonyl (C=O) groups excluding carboxylic acids is 2. The van der Waals surface area contributed by atoms with Crippen LogP contribution in [-0.4, -0.2) is 30.9 Å². The fourth-order valence-corrected chi connectivity index (χ4v) is 4.48. The second-order valence-corrected chi connectivity index (χ2v) is 7.39. The lowest BCUT2D eigenvalue weighted by atomic mass is 9.85. The van der Waals surface area contributed by atoms with Crippen LogP contribution >= 0.6 is 0 Å². The largest absolute Gasteiger partial charge is 0.325 e. The van der Waals surface area contributed by atoms with E-state index in [9.17, 15) is 9.59 Å². The number of nitrogens with zero attached hydrogens (tertiary/aromatic N) is 1. The number of rotatable bonds is 2. The van der Waals surface area contributed by atoms with Crippen LogP contribution in [0.3, 0.4) is 0 Å². The predicted octanol–water partition coefficient (Wildman–Crippen LogP) is 2.45. The minimum Gasteiger partial charge on any atom is -0.325 e. The lowest BCUT2D eigenvalue weighted by molar-refractivity contribution is -0.119. The molecule has 1 saturated carbocycles. The van der Waals surface area contributed by atoms with E-state index < -0.39 is 0 Å². The van der Waals surface area contributed by atoms with Crippen LogP contribution in [-0.2, 0) is 16.0 Å². The van der Waals surface area contributed by atoms with Gasteiger partial charge in [0.05, 0.1) is 6.04 Å². The number of anilines is 2. The van der Waals surface area contributed by atoms with Gasteiger partial charge in [0.1, 0.15) is 0 Å². The number of hydrogen-bond donors (Lipinski definition) is 2. The zero-order chi connectivity index (χ0) is 16.7. The highest BCUT2D eigenvalue weighted by molar-refractivity contribution is 5.98. The summed E-state index contributed by atoms with van der Waals surface area (Å²) >= 11 is 0. The Balaban J connectivity index is 1.44. The third-order valence-electron chi connectivity index (χ3n) is 5.87. The lowest BCUT2D eigenvalue weighted by Gasteiger charge is -2.26. The van der Waals surface area contributed by atoms with Crippen molar-refractivity contribution >= 4 is 23.2 Å². The molecule has 3 aliphatic rings. The van der Waals surface area contributed by atoms with Gasteiger partial charge in [-0.3, -0.25) is 9.59 Å². The minimum absolute atomic E-state index is 0.0709. The Hall–Kier alpha value is -1.88. The van der Waals surface area contributed by atoms with Crippen molar-refractivity contribution in [3.63, 3.8) is 0 Å². The van der Waals surface area contributed by atoms with Gasteiger partial charge in [-0.1, -0.05) is 12.8 Å². The van der Waals surface area contributed by atoms with Crippen molar-refractivity contribution in [2.24, 2.45) is 5.92 Å². The van der Waals surface area contributed by atoms with Crippen molar-refractivity contribution in [2.45, 2.75) is 57.0 Å². The second kappa shape index (κ2) is 6.20. The number of hydrogen-bond acceptors (Lipinski definition) is 3. The molecule has 5 heteroatoms. The molecule has 1 aromatic carbocycles. The summed E-state index contributed by atoms with van der Waals surface area (Å²) in [5, 5.41) is 6.59.